The number of para-hydroxylation sites is 1. The molecular weight excluding hydrogens is 284 g/mol. The summed E-state index contributed by atoms with van der Waals surface area (Å²) in [4.78, 5) is 8.38. The van der Waals surface area contributed by atoms with E-state index in [1.807, 2.05) is 0 Å². The molecule has 3 heteroatoms. The van der Waals surface area contributed by atoms with Crippen molar-refractivity contribution >= 4 is 11.0 Å². The first-order valence-corrected chi connectivity index (χ1v) is 8.52. The fourth-order valence-corrected chi connectivity index (χ4v) is 3.62. The highest BCUT2D eigenvalue weighted by atomic mass is 16.5. The first-order valence-electron chi connectivity index (χ1n) is 8.52. The summed E-state index contributed by atoms with van der Waals surface area (Å²) in [5.41, 5.74) is 4.86. The van der Waals surface area contributed by atoms with E-state index in [4.69, 9.17) is 9.72 Å². The van der Waals surface area contributed by atoms with Gasteiger partial charge in [-0.2, -0.15) is 0 Å². The quantitative estimate of drug-likeness (QED) is 0.740. The number of benzene rings is 2. The Kier molecular flexibility index (Phi) is 3.88. The monoisotopic (exact) mass is 306 g/mol. The summed E-state index contributed by atoms with van der Waals surface area (Å²) in [5, 5.41) is 0. The average Bonchev–Trinajstić information content (AvgIpc) is 3.26. The lowest BCUT2D eigenvalue weighted by Crippen LogP contribution is -2.01. The molecule has 2 heterocycles. The van der Waals surface area contributed by atoms with Crippen LogP contribution in [0.2, 0.25) is 0 Å². The number of rotatable bonds is 4. The molecule has 118 valence electrons. The molecule has 2 unspecified atom stereocenters. The standard InChI is InChI=1S/C20H22N2O/c1-2-15(14-8-4-3-5-9-14)16-10-6-11-17-19(16)22-20(21-17)18-12-7-13-23-18/h3-6,8-11,15,18H,2,7,12-13H2,1H3,(H,21,22). The number of imidazole rings is 1. The summed E-state index contributed by atoms with van der Waals surface area (Å²) >= 11 is 0. The van der Waals surface area contributed by atoms with Gasteiger partial charge in [-0.05, 0) is 36.5 Å². The maximum Gasteiger partial charge on any atom is 0.136 e. The van der Waals surface area contributed by atoms with Crippen LogP contribution < -0.4 is 0 Å². The highest BCUT2D eigenvalue weighted by molar-refractivity contribution is 5.80. The number of nitrogens with zero attached hydrogens (tertiary/aromatic N) is 1. The van der Waals surface area contributed by atoms with Crippen molar-refractivity contribution in [3.05, 3.63) is 65.5 Å². The minimum Gasteiger partial charge on any atom is -0.370 e. The number of nitrogens with one attached hydrogen (secondary N) is 1. The van der Waals surface area contributed by atoms with Gasteiger partial charge in [0.2, 0.25) is 0 Å². The maximum absolute atomic E-state index is 5.79. The second-order valence-corrected chi connectivity index (χ2v) is 6.24. The van der Waals surface area contributed by atoms with Crippen molar-refractivity contribution in [2.24, 2.45) is 0 Å². The summed E-state index contributed by atoms with van der Waals surface area (Å²) in [6, 6.07) is 17.2. The summed E-state index contributed by atoms with van der Waals surface area (Å²) in [6.45, 7) is 3.08. The van der Waals surface area contributed by atoms with Crippen LogP contribution in [0.15, 0.2) is 48.5 Å². The zero-order valence-corrected chi connectivity index (χ0v) is 13.5. The van der Waals surface area contributed by atoms with Gasteiger partial charge in [0.05, 0.1) is 11.0 Å². The molecule has 0 amide bonds. The minimum atomic E-state index is 0.132. The Morgan fingerprint density at radius 1 is 1.17 bits per heavy atom. The molecule has 1 aliphatic rings. The molecule has 1 aromatic heterocycles. The van der Waals surface area contributed by atoms with Crippen LogP contribution in [0.1, 0.15) is 55.2 Å². The number of fused-ring (bicyclic) bond motifs is 1. The Balaban J connectivity index is 1.79. The van der Waals surface area contributed by atoms with E-state index in [1.54, 1.807) is 0 Å². The Bertz CT molecular complexity index is 788. The third-order valence-electron chi connectivity index (χ3n) is 4.78. The molecule has 0 bridgehead atoms. The molecule has 0 spiro atoms. The Labute approximate surface area is 136 Å². The van der Waals surface area contributed by atoms with Gasteiger partial charge in [-0.25, -0.2) is 4.98 Å². The van der Waals surface area contributed by atoms with Crippen molar-refractivity contribution in [3.8, 4) is 0 Å². The van der Waals surface area contributed by atoms with Crippen LogP contribution in [-0.4, -0.2) is 16.6 Å². The Hall–Kier alpha value is -2.13. The lowest BCUT2D eigenvalue weighted by atomic mass is 9.88. The number of aromatic nitrogens is 2. The smallest absolute Gasteiger partial charge is 0.136 e. The predicted molar refractivity (Wildman–Crippen MR) is 92.6 cm³/mol. The molecule has 2 aromatic carbocycles. The van der Waals surface area contributed by atoms with Gasteiger partial charge < -0.3 is 9.72 Å². The van der Waals surface area contributed by atoms with Gasteiger partial charge >= 0.3 is 0 Å². The molecule has 3 aromatic rings. The summed E-state index contributed by atoms with van der Waals surface area (Å²) in [5.74, 6) is 1.36. The average molecular weight is 306 g/mol. The molecule has 1 saturated heterocycles. The van der Waals surface area contributed by atoms with Crippen LogP contribution in [0.25, 0.3) is 11.0 Å². The molecule has 4 rings (SSSR count). The van der Waals surface area contributed by atoms with Gasteiger partial charge in [0.25, 0.3) is 0 Å². The molecular formula is C20H22N2O. The van der Waals surface area contributed by atoms with E-state index in [9.17, 15) is 0 Å². The van der Waals surface area contributed by atoms with Crippen LogP contribution in [0.3, 0.4) is 0 Å². The largest absolute Gasteiger partial charge is 0.370 e. The molecule has 1 fully saturated rings. The first-order chi connectivity index (χ1) is 11.4. The molecule has 23 heavy (non-hydrogen) atoms. The number of hydrogen-bond acceptors (Lipinski definition) is 2. The van der Waals surface area contributed by atoms with Crippen LogP contribution in [0, 0.1) is 0 Å². The fourth-order valence-electron chi connectivity index (χ4n) is 3.62. The molecule has 0 radical (unpaired) electrons. The van der Waals surface area contributed by atoms with Crippen molar-refractivity contribution in [3.63, 3.8) is 0 Å². The van der Waals surface area contributed by atoms with Crippen molar-refractivity contribution in [1.82, 2.24) is 9.97 Å². The summed E-state index contributed by atoms with van der Waals surface area (Å²) in [6.07, 6.45) is 3.37. The van der Waals surface area contributed by atoms with Crippen molar-refractivity contribution < 1.29 is 4.74 Å². The Morgan fingerprint density at radius 3 is 2.78 bits per heavy atom. The number of aromatic amines is 1. The minimum absolute atomic E-state index is 0.132. The maximum atomic E-state index is 5.79. The zero-order chi connectivity index (χ0) is 15.6. The van der Waals surface area contributed by atoms with Crippen molar-refractivity contribution in [2.75, 3.05) is 6.61 Å². The lowest BCUT2D eigenvalue weighted by Gasteiger charge is -2.16. The van der Waals surface area contributed by atoms with Gasteiger partial charge in [-0.3, -0.25) is 0 Å². The van der Waals surface area contributed by atoms with Crippen molar-refractivity contribution in [1.29, 1.82) is 0 Å². The zero-order valence-electron chi connectivity index (χ0n) is 13.5. The second-order valence-electron chi connectivity index (χ2n) is 6.24. The highest BCUT2D eigenvalue weighted by Gasteiger charge is 2.23. The van der Waals surface area contributed by atoms with Gasteiger partial charge in [0.1, 0.15) is 11.9 Å². The summed E-state index contributed by atoms with van der Waals surface area (Å²) in [7, 11) is 0. The van der Waals surface area contributed by atoms with Crippen molar-refractivity contribution in [2.45, 2.75) is 38.2 Å². The van der Waals surface area contributed by atoms with E-state index >= 15 is 0 Å². The van der Waals surface area contributed by atoms with Gasteiger partial charge in [-0.1, -0.05) is 49.4 Å². The molecule has 2 atom stereocenters. The molecule has 3 nitrogen and oxygen atoms in total. The topological polar surface area (TPSA) is 37.9 Å². The molecule has 0 aliphatic carbocycles. The van der Waals surface area contributed by atoms with Crippen LogP contribution in [0.5, 0.6) is 0 Å². The predicted octanol–water partition coefficient (Wildman–Crippen LogP) is 4.96. The molecule has 0 saturated carbocycles. The highest BCUT2D eigenvalue weighted by Crippen LogP contribution is 2.34. The fraction of sp³-hybridized carbons (Fsp3) is 0.350. The van der Waals surface area contributed by atoms with Crippen LogP contribution in [-0.2, 0) is 4.74 Å². The van der Waals surface area contributed by atoms with E-state index in [1.165, 1.54) is 11.1 Å². The molecule has 1 aliphatic heterocycles. The Morgan fingerprint density at radius 2 is 2.04 bits per heavy atom. The summed E-state index contributed by atoms with van der Waals surface area (Å²) < 4.78 is 5.79. The number of hydrogen-bond donors (Lipinski definition) is 1. The first kappa shape index (κ1) is 14.5. The van der Waals surface area contributed by atoms with E-state index in [2.05, 4.69) is 60.4 Å². The number of H-pyrrole nitrogens is 1. The van der Waals surface area contributed by atoms with Gasteiger partial charge in [0, 0.05) is 12.5 Å². The second kappa shape index (κ2) is 6.17. The lowest BCUT2D eigenvalue weighted by molar-refractivity contribution is 0.106. The third-order valence-corrected chi connectivity index (χ3v) is 4.78. The SMILES string of the molecule is CCC(c1ccccc1)c1cccc2[nH]c(C3CCCO3)nc12. The van der Waals surface area contributed by atoms with E-state index in [0.717, 1.165) is 42.7 Å². The van der Waals surface area contributed by atoms with Gasteiger partial charge in [-0.15, -0.1) is 0 Å². The number of ether oxygens (including phenoxy) is 1. The van der Waals surface area contributed by atoms with E-state index in [0.29, 0.717) is 5.92 Å². The van der Waals surface area contributed by atoms with E-state index < -0.39 is 0 Å². The normalized spacial score (nSPS) is 19.3. The third kappa shape index (κ3) is 2.66. The van der Waals surface area contributed by atoms with E-state index in [-0.39, 0.29) is 6.10 Å². The van der Waals surface area contributed by atoms with Crippen LogP contribution >= 0.6 is 0 Å². The molecule has 1 N–H and O–H groups in total. The van der Waals surface area contributed by atoms with Crippen LogP contribution in [0.4, 0.5) is 0 Å². The van der Waals surface area contributed by atoms with Gasteiger partial charge in [0.15, 0.2) is 0 Å².